The van der Waals surface area contributed by atoms with E-state index in [0.29, 0.717) is 5.82 Å². The average molecular weight is 169 g/mol. The smallest absolute Gasteiger partial charge is 0.197 e. The molecule has 0 fully saturated rings. The van der Waals surface area contributed by atoms with Crippen molar-refractivity contribution in [2.75, 3.05) is 5.75 Å². The van der Waals surface area contributed by atoms with E-state index in [1.165, 1.54) is 11.8 Å². The molecule has 0 aliphatic heterocycles. The molecule has 0 radical (unpaired) electrons. The lowest BCUT2D eigenvalue weighted by Gasteiger charge is -1.98. The maximum Gasteiger partial charge on any atom is 0.201 e. The van der Waals surface area contributed by atoms with Crippen LogP contribution in [0.5, 0.6) is 0 Å². The minimum absolute atomic E-state index is 0.293. The monoisotopic (exact) mass is 169 g/mol. The fraction of sp³-hybridized carbons (Fsp3) is 0.600. The van der Waals surface area contributed by atoms with Gasteiger partial charge < -0.3 is 0 Å². The van der Waals surface area contributed by atoms with Crippen molar-refractivity contribution in [1.29, 1.82) is 5.26 Å². The number of hydrogen-bond donors (Lipinski definition) is 1. The second kappa shape index (κ2) is 3.93. The molecule has 1 heterocycles. The summed E-state index contributed by atoms with van der Waals surface area (Å²) in [6, 6.07) is 2.08. The number of H-pyrrole nitrogens is 1. The van der Waals surface area contributed by atoms with Gasteiger partial charge in [-0.2, -0.15) is 10.5 Å². The molecule has 5 nitrogen and oxygen atoms in total. The standard InChI is InChI=1S/C5H7N5S/c1-2-11-4(3-6)5-7-9-10-8-5/h4H,2H2,1H3,(H,7,8,9,10). The second-order valence-corrected chi connectivity index (χ2v) is 3.12. The van der Waals surface area contributed by atoms with Crippen LogP contribution in [0.15, 0.2) is 0 Å². The molecule has 0 aliphatic carbocycles. The Morgan fingerprint density at radius 3 is 3.09 bits per heavy atom. The molecule has 58 valence electrons. The Morgan fingerprint density at radius 1 is 1.82 bits per heavy atom. The topological polar surface area (TPSA) is 78.2 Å². The molecule has 0 amide bonds. The molecule has 1 unspecified atom stereocenters. The summed E-state index contributed by atoms with van der Waals surface area (Å²) in [5.74, 6) is 1.33. The molecule has 0 aromatic carbocycles. The van der Waals surface area contributed by atoms with E-state index >= 15 is 0 Å². The predicted molar refractivity (Wildman–Crippen MR) is 40.7 cm³/mol. The van der Waals surface area contributed by atoms with E-state index in [2.05, 4.69) is 26.7 Å². The average Bonchev–Trinajstić information content (AvgIpc) is 2.52. The highest BCUT2D eigenvalue weighted by molar-refractivity contribution is 7.99. The zero-order valence-electron chi connectivity index (χ0n) is 5.98. The second-order valence-electron chi connectivity index (χ2n) is 1.73. The van der Waals surface area contributed by atoms with Crippen molar-refractivity contribution in [2.24, 2.45) is 0 Å². The summed E-state index contributed by atoms with van der Waals surface area (Å²) >= 11 is 1.49. The van der Waals surface area contributed by atoms with Gasteiger partial charge >= 0.3 is 0 Å². The van der Waals surface area contributed by atoms with Crippen molar-refractivity contribution in [2.45, 2.75) is 12.2 Å². The summed E-state index contributed by atoms with van der Waals surface area (Å²) in [6.45, 7) is 1.98. The molecule has 1 aromatic heterocycles. The van der Waals surface area contributed by atoms with Crippen LogP contribution in [-0.4, -0.2) is 26.4 Å². The van der Waals surface area contributed by atoms with Gasteiger partial charge in [0.2, 0.25) is 5.82 Å². The minimum atomic E-state index is -0.293. The van der Waals surface area contributed by atoms with Gasteiger partial charge in [0.1, 0.15) is 0 Å². The van der Waals surface area contributed by atoms with Crippen LogP contribution in [0, 0.1) is 11.3 Å². The Bertz CT molecular complexity index is 238. The van der Waals surface area contributed by atoms with E-state index in [1.807, 2.05) is 6.92 Å². The molecule has 0 bridgehead atoms. The van der Waals surface area contributed by atoms with Gasteiger partial charge in [-0.05, 0) is 5.75 Å². The normalized spacial score (nSPS) is 12.4. The Morgan fingerprint density at radius 2 is 2.64 bits per heavy atom. The van der Waals surface area contributed by atoms with Crippen LogP contribution >= 0.6 is 11.8 Å². The molecule has 1 aromatic rings. The van der Waals surface area contributed by atoms with E-state index in [-0.39, 0.29) is 5.25 Å². The van der Waals surface area contributed by atoms with E-state index in [9.17, 15) is 0 Å². The largest absolute Gasteiger partial charge is 0.201 e. The van der Waals surface area contributed by atoms with Crippen LogP contribution in [0.1, 0.15) is 18.0 Å². The van der Waals surface area contributed by atoms with Crippen LogP contribution in [0.25, 0.3) is 0 Å². The van der Waals surface area contributed by atoms with Crippen molar-refractivity contribution < 1.29 is 0 Å². The van der Waals surface area contributed by atoms with Gasteiger partial charge in [0.25, 0.3) is 0 Å². The van der Waals surface area contributed by atoms with E-state index < -0.39 is 0 Å². The van der Waals surface area contributed by atoms with E-state index in [0.717, 1.165) is 5.75 Å². The first-order valence-electron chi connectivity index (χ1n) is 3.13. The molecule has 1 atom stereocenters. The summed E-state index contributed by atoms with van der Waals surface area (Å²) in [6.07, 6.45) is 0. The molecule has 0 saturated heterocycles. The van der Waals surface area contributed by atoms with Crippen molar-refractivity contribution in [3.63, 3.8) is 0 Å². The van der Waals surface area contributed by atoms with Crippen LogP contribution in [0.2, 0.25) is 0 Å². The molecule has 1 N–H and O–H groups in total. The maximum atomic E-state index is 8.64. The number of aromatic amines is 1. The lowest BCUT2D eigenvalue weighted by atomic mass is 10.4. The van der Waals surface area contributed by atoms with Gasteiger partial charge in [-0.25, -0.2) is 0 Å². The molecule has 0 aliphatic rings. The van der Waals surface area contributed by atoms with Crippen molar-refractivity contribution in [1.82, 2.24) is 20.6 Å². The third kappa shape index (κ3) is 1.91. The van der Waals surface area contributed by atoms with Crippen LogP contribution in [-0.2, 0) is 0 Å². The molecular weight excluding hydrogens is 162 g/mol. The highest BCUT2D eigenvalue weighted by Gasteiger charge is 2.13. The van der Waals surface area contributed by atoms with Gasteiger partial charge in [0.05, 0.1) is 6.07 Å². The summed E-state index contributed by atoms with van der Waals surface area (Å²) in [4.78, 5) is 0. The van der Waals surface area contributed by atoms with Crippen LogP contribution in [0.3, 0.4) is 0 Å². The van der Waals surface area contributed by atoms with E-state index in [4.69, 9.17) is 5.26 Å². The lowest BCUT2D eigenvalue weighted by Crippen LogP contribution is -1.94. The molecule has 0 spiro atoms. The molecule has 1 rings (SSSR count). The molecule has 6 heteroatoms. The van der Waals surface area contributed by atoms with Gasteiger partial charge in [-0.1, -0.05) is 12.1 Å². The Hall–Kier alpha value is -1.09. The first kappa shape index (κ1) is 8.01. The Balaban J connectivity index is 2.65. The number of hydrogen-bond acceptors (Lipinski definition) is 5. The lowest BCUT2D eigenvalue weighted by molar-refractivity contribution is 0.881. The summed E-state index contributed by atoms with van der Waals surface area (Å²) < 4.78 is 0. The fourth-order valence-corrected chi connectivity index (χ4v) is 1.27. The SMILES string of the molecule is CCSC(C#N)c1nn[nH]n1. The summed E-state index contributed by atoms with van der Waals surface area (Å²) in [5, 5.41) is 21.5. The van der Waals surface area contributed by atoms with Crippen molar-refractivity contribution in [3.8, 4) is 6.07 Å². The third-order valence-electron chi connectivity index (χ3n) is 1.05. The molecule has 0 saturated carbocycles. The quantitative estimate of drug-likeness (QED) is 0.713. The number of aromatic nitrogens is 4. The highest BCUT2D eigenvalue weighted by Crippen LogP contribution is 2.23. The van der Waals surface area contributed by atoms with E-state index in [1.54, 1.807) is 0 Å². The van der Waals surface area contributed by atoms with Gasteiger partial charge in [0, 0.05) is 0 Å². The highest BCUT2D eigenvalue weighted by atomic mass is 32.2. The van der Waals surface area contributed by atoms with Crippen molar-refractivity contribution in [3.05, 3.63) is 5.82 Å². The summed E-state index contributed by atoms with van der Waals surface area (Å²) in [5.41, 5.74) is 0. The molecular formula is C5H7N5S. The van der Waals surface area contributed by atoms with Crippen molar-refractivity contribution >= 4 is 11.8 Å². The Kier molecular flexibility index (Phi) is 2.86. The summed E-state index contributed by atoms with van der Waals surface area (Å²) in [7, 11) is 0. The van der Waals surface area contributed by atoms with Gasteiger partial charge in [-0.15, -0.1) is 22.0 Å². The Labute approximate surface area is 68.2 Å². The first-order valence-corrected chi connectivity index (χ1v) is 4.18. The van der Waals surface area contributed by atoms with Gasteiger partial charge in [0.15, 0.2) is 5.25 Å². The first-order chi connectivity index (χ1) is 5.38. The number of nitrogens with zero attached hydrogens (tertiary/aromatic N) is 4. The fourth-order valence-electron chi connectivity index (χ4n) is 0.617. The van der Waals surface area contributed by atoms with Crippen LogP contribution < -0.4 is 0 Å². The van der Waals surface area contributed by atoms with Gasteiger partial charge in [-0.3, -0.25) is 0 Å². The van der Waals surface area contributed by atoms with Crippen LogP contribution in [0.4, 0.5) is 0 Å². The number of tetrazole rings is 1. The number of nitriles is 1. The predicted octanol–water partition coefficient (Wildman–Crippen LogP) is 0.517. The number of thioether (sulfide) groups is 1. The zero-order chi connectivity index (χ0) is 8.10. The minimum Gasteiger partial charge on any atom is -0.197 e. The number of nitrogens with one attached hydrogen (secondary N) is 1. The third-order valence-corrected chi connectivity index (χ3v) is 2.03. The zero-order valence-corrected chi connectivity index (χ0v) is 6.80. The maximum absolute atomic E-state index is 8.64. The molecule has 11 heavy (non-hydrogen) atoms. The number of rotatable bonds is 3.